The minimum Gasteiger partial charge on any atom is -0.383 e. The SMILES string of the molecule is Cc1cc(-c2cc(-c3cc(S(=O)O)ccc3C)cnc2N)on1. The lowest BCUT2D eigenvalue weighted by Gasteiger charge is -2.09. The molecule has 3 N–H and O–H groups in total. The van der Waals surface area contributed by atoms with Gasteiger partial charge in [0.2, 0.25) is 0 Å². The van der Waals surface area contributed by atoms with Gasteiger partial charge >= 0.3 is 0 Å². The Labute approximate surface area is 135 Å². The van der Waals surface area contributed by atoms with Crippen LogP contribution in [-0.2, 0) is 11.1 Å². The lowest BCUT2D eigenvalue weighted by molar-refractivity contribution is 0.427. The van der Waals surface area contributed by atoms with Gasteiger partial charge in [-0.1, -0.05) is 11.2 Å². The van der Waals surface area contributed by atoms with E-state index in [-0.39, 0.29) is 0 Å². The molecule has 7 heteroatoms. The standard InChI is InChI=1S/C16H15N3O3S/c1-9-3-4-12(23(20)21)7-13(9)11-6-14(16(17)18-8-11)15-5-10(2)19-22-15/h3-8H,1-2H3,(H2,17,18)(H,20,21). The number of pyridine rings is 1. The molecule has 0 fully saturated rings. The molecule has 118 valence electrons. The van der Waals surface area contributed by atoms with Gasteiger partial charge in [-0.25, -0.2) is 9.19 Å². The predicted molar refractivity (Wildman–Crippen MR) is 88.1 cm³/mol. The van der Waals surface area contributed by atoms with E-state index < -0.39 is 11.1 Å². The van der Waals surface area contributed by atoms with Crippen LogP contribution < -0.4 is 5.73 Å². The van der Waals surface area contributed by atoms with Crippen LogP contribution in [0.2, 0.25) is 0 Å². The Morgan fingerprint density at radius 1 is 1.17 bits per heavy atom. The molecule has 0 saturated heterocycles. The second-order valence-corrected chi connectivity index (χ2v) is 6.18. The number of hydrogen-bond acceptors (Lipinski definition) is 5. The minimum atomic E-state index is -2.04. The highest BCUT2D eigenvalue weighted by Crippen LogP contribution is 2.32. The number of aromatic nitrogens is 2. The van der Waals surface area contributed by atoms with Crippen molar-refractivity contribution >= 4 is 16.9 Å². The molecule has 1 aromatic carbocycles. The van der Waals surface area contributed by atoms with Gasteiger partial charge in [-0.15, -0.1) is 0 Å². The highest BCUT2D eigenvalue weighted by molar-refractivity contribution is 7.79. The molecule has 1 atom stereocenters. The zero-order valence-corrected chi connectivity index (χ0v) is 13.4. The Hall–Kier alpha value is -2.51. The molecule has 3 rings (SSSR count). The molecule has 2 aromatic heterocycles. The summed E-state index contributed by atoms with van der Waals surface area (Å²) in [7, 11) is 0. The van der Waals surface area contributed by atoms with Gasteiger partial charge in [-0.2, -0.15) is 0 Å². The van der Waals surface area contributed by atoms with Crippen LogP contribution in [0.15, 0.2) is 45.9 Å². The van der Waals surface area contributed by atoms with E-state index in [1.807, 2.05) is 19.9 Å². The summed E-state index contributed by atoms with van der Waals surface area (Å²) in [6, 6.07) is 8.72. The lowest BCUT2D eigenvalue weighted by Crippen LogP contribution is -1.96. The summed E-state index contributed by atoms with van der Waals surface area (Å²) >= 11 is -2.04. The molecule has 3 aromatic rings. The van der Waals surface area contributed by atoms with Crippen LogP contribution in [0.5, 0.6) is 0 Å². The molecule has 1 unspecified atom stereocenters. The number of benzene rings is 1. The Bertz CT molecular complexity index is 905. The van der Waals surface area contributed by atoms with E-state index in [1.165, 1.54) is 0 Å². The highest BCUT2D eigenvalue weighted by Gasteiger charge is 2.13. The first-order chi connectivity index (χ1) is 11.0. The largest absolute Gasteiger partial charge is 0.383 e. The highest BCUT2D eigenvalue weighted by atomic mass is 32.2. The van der Waals surface area contributed by atoms with Crippen molar-refractivity contribution in [1.82, 2.24) is 10.1 Å². The average molecular weight is 329 g/mol. The summed E-state index contributed by atoms with van der Waals surface area (Å²) in [5.41, 5.74) is 9.89. The van der Waals surface area contributed by atoms with Crippen LogP contribution in [0.3, 0.4) is 0 Å². The van der Waals surface area contributed by atoms with Crippen molar-refractivity contribution in [3.05, 3.63) is 47.8 Å². The molecule has 6 nitrogen and oxygen atoms in total. The predicted octanol–water partition coefficient (Wildman–Crippen LogP) is 3.18. The van der Waals surface area contributed by atoms with Crippen molar-refractivity contribution in [3.8, 4) is 22.5 Å². The van der Waals surface area contributed by atoms with Gasteiger partial charge in [0.1, 0.15) is 5.82 Å². The zero-order valence-electron chi connectivity index (χ0n) is 12.6. The number of aryl methyl sites for hydroxylation is 2. The molecule has 23 heavy (non-hydrogen) atoms. The fourth-order valence-corrected chi connectivity index (χ4v) is 2.73. The molecule has 0 aliphatic heterocycles. The lowest BCUT2D eigenvalue weighted by atomic mass is 10.00. The number of nitrogens with zero attached hydrogens (tertiary/aromatic N) is 2. The maximum atomic E-state index is 11.3. The van der Waals surface area contributed by atoms with Crippen LogP contribution in [0.4, 0.5) is 5.82 Å². The molecule has 0 aliphatic carbocycles. The summed E-state index contributed by atoms with van der Waals surface area (Å²) in [5.74, 6) is 0.873. The first-order valence-electron chi connectivity index (χ1n) is 6.87. The molecular formula is C16H15N3O3S. The number of nitrogens with two attached hydrogens (primary N) is 1. The zero-order chi connectivity index (χ0) is 16.6. The molecule has 0 radical (unpaired) electrons. The summed E-state index contributed by atoms with van der Waals surface area (Å²) in [6.07, 6.45) is 1.63. The van der Waals surface area contributed by atoms with Gasteiger partial charge in [0, 0.05) is 17.8 Å². The van der Waals surface area contributed by atoms with Crippen molar-refractivity contribution in [3.63, 3.8) is 0 Å². The van der Waals surface area contributed by atoms with E-state index in [1.54, 1.807) is 30.5 Å². The summed E-state index contributed by atoms with van der Waals surface area (Å²) < 4.78 is 25.8. The van der Waals surface area contributed by atoms with E-state index >= 15 is 0 Å². The van der Waals surface area contributed by atoms with Gasteiger partial charge in [0.05, 0.1) is 16.2 Å². The molecule has 0 bridgehead atoms. The Kier molecular flexibility index (Phi) is 3.97. The second-order valence-electron chi connectivity index (χ2n) is 5.22. The van der Waals surface area contributed by atoms with Gasteiger partial charge in [0.25, 0.3) is 0 Å². The molecule has 0 saturated carbocycles. The number of rotatable bonds is 3. The summed E-state index contributed by atoms with van der Waals surface area (Å²) in [6.45, 7) is 3.75. The van der Waals surface area contributed by atoms with E-state index in [9.17, 15) is 8.76 Å². The van der Waals surface area contributed by atoms with Crippen molar-refractivity contribution in [2.75, 3.05) is 5.73 Å². The maximum Gasteiger partial charge on any atom is 0.186 e. The van der Waals surface area contributed by atoms with Gasteiger partial charge in [0.15, 0.2) is 16.8 Å². The van der Waals surface area contributed by atoms with E-state index in [4.69, 9.17) is 10.3 Å². The van der Waals surface area contributed by atoms with Gasteiger partial charge < -0.3 is 14.8 Å². The van der Waals surface area contributed by atoms with Crippen molar-refractivity contribution in [2.45, 2.75) is 18.7 Å². The van der Waals surface area contributed by atoms with Crippen molar-refractivity contribution in [2.24, 2.45) is 0 Å². The fraction of sp³-hybridized carbons (Fsp3) is 0.125. The van der Waals surface area contributed by atoms with Crippen LogP contribution in [0.25, 0.3) is 22.5 Å². The molecule has 0 aliphatic rings. The van der Waals surface area contributed by atoms with Crippen LogP contribution >= 0.6 is 0 Å². The Morgan fingerprint density at radius 2 is 1.96 bits per heavy atom. The maximum absolute atomic E-state index is 11.3. The molecule has 2 heterocycles. The van der Waals surface area contributed by atoms with E-state index in [0.717, 1.165) is 22.4 Å². The second kappa shape index (κ2) is 5.94. The third-order valence-corrected chi connectivity index (χ3v) is 4.19. The number of hydrogen-bond donors (Lipinski definition) is 2. The van der Waals surface area contributed by atoms with Crippen molar-refractivity contribution < 1.29 is 13.3 Å². The average Bonchev–Trinajstić information content (AvgIpc) is 2.94. The number of anilines is 1. The first-order valence-corrected chi connectivity index (χ1v) is 7.97. The Balaban J connectivity index is 2.15. The summed E-state index contributed by atoms with van der Waals surface area (Å²) in [4.78, 5) is 4.54. The molecule has 0 amide bonds. The minimum absolute atomic E-state index is 0.333. The van der Waals surface area contributed by atoms with Gasteiger partial charge in [-0.05, 0) is 43.2 Å². The van der Waals surface area contributed by atoms with E-state index in [2.05, 4.69) is 10.1 Å². The van der Waals surface area contributed by atoms with E-state index in [0.29, 0.717) is 22.0 Å². The Morgan fingerprint density at radius 3 is 2.61 bits per heavy atom. The molecular weight excluding hydrogens is 314 g/mol. The smallest absolute Gasteiger partial charge is 0.186 e. The van der Waals surface area contributed by atoms with Crippen molar-refractivity contribution in [1.29, 1.82) is 0 Å². The normalized spacial score (nSPS) is 12.3. The van der Waals surface area contributed by atoms with Crippen LogP contribution in [0, 0.1) is 13.8 Å². The third kappa shape index (κ3) is 3.01. The van der Waals surface area contributed by atoms with Crippen LogP contribution in [-0.4, -0.2) is 18.9 Å². The quantitative estimate of drug-likeness (QED) is 0.715. The third-order valence-electron chi connectivity index (χ3n) is 3.53. The topological polar surface area (TPSA) is 102 Å². The fourth-order valence-electron chi connectivity index (χ4n) is 2.33. The van der Waals surface area contributed by atoms with Crippen LogP contribution in [0.1, 0.15) is 11.3 Å². The monoisotopic (exact) mass is 329 g/mol. The first kappa shape index (κ1) is 15.4. The molecule has 0 spiro atoms. The van der Waals surface area contributed by atoms with Gasteiger partial charge in [-0.3, -0.25) is 0 Å². The summed E-state index contributed by atoms with van der Waals surface area (Å²) in [5, 5.41) is 3.86. The number of nitrogen functional groups attached to an aromatic ring is 1.